The Morgan fingerprint density at radius 3 is 2.42 bits per heavy atom. The number of carbonyl (C=O) groups excluding carboxylic acids is 2. The number of ether oxygens (including phenoxy) is 2. The monoisotopic (exact) mass is 332 g/mol. The molecule has 1 atom stereocenters. The Morgan fingerprint density at radius 1 is 1.17 bits per heavy atom. The second kappa shape index (κ2) is 7.45. The van der Waals surface area contributed by atoms with Crippen molar-refractivity contribution in [3.05, 3.63) is 53.8 Å². The fourth-order valence-corrected chi connectivity index (χ4v) is 1.92. The molecule has 1 amide bonds. The molecule has 2 aromatic rings. The minimum atomic E-state index is -1.05. The average Bonchev–Trinajstić information content (AvgIpc) is 2.55. The van der Waals surface area contributed by atoms with Crippen molar-refractivity contribution in [2.75, 3.05) is 18.2 Å². The van der Waals surface area contributed by atoms with Gasteiger partial charge in [-0.05, 0) is 49.4 Å². The van der Waals surface area contributed by atoms with Gasteiger partial charge in [0.05, 0.1) is 12.7 Å². The van der Waals surface area contributed by atoms with E-state index < -0.39 is 23.8 Å². The van der Waals surface area contributed by atoms with Crippen LogP contribution in [0.4, 0.5) is 15.8 Å². The number of esters is 1. The molecule has 24 heavy (non-hydrogen) atoms. The molecule has 0 bridgehead atoms. The number of carbonyl (C=O) groups is 2. The fourth-order valence-electron chi connectivity index (χ4n) is 1.92. The molecule has 0 aliphatic heterocycles. The summed E-state index contributed by atoms with van der Waals surface area (Å²) in [6.45, 7) is 1.43. The predicted octanol–water partition coefficient (Wildman–Crippen LogP) is 2.60. The Hall–Kier alpha value is -3.09. The van der Waals surface area contributed by atoms with E-state index in [-0.39, 0.29) is 11.3 Å². The van der Waals surface area contributed by atoms with Gasteiger partial charge in [-0.25, -0.2) is 9.18 Å². The molecule has 126 valence electrons. The summed E-state index contributed by atoms with van der Waals surface area (Å²) in [5.74, 6) is -1.22. The van der Waals surface area contributed by atoms with Crippen molar-refractivity contribution in [2.45, 2.75) is 13.0 Å². The molecule has 0 aliphatic carbocycles. The normalized spacial score (nSPS) is 11.5. The van der Waals surface area contributed by atoms with E-state index in [0.29, 0.717) is 11.4 Å². The molecule has 0 spiro atoms. The minimum absolute atomic E-state index is 0.000461. The molecule has 7 heteroatoms. The number of amides is 1. The van der Waals surface area contributed by atoms with Crippen LogP contribution in [0.25, 0.3) is 0 Å². The summed E-state index contributed by atoms with van der Waals surface area (Å²) in [5.41, 5.74) is 6.05. The molecule has 3 N–H and O–H groups in total. The van der Waals surface area contributed by atoms with Crippen LogP contribution in [0.1, 0.15) is 17.3 Å². The van der Waals surface area contributed by atoms with Crippen molar-refractivity contribution in [3.63, 3.8) is 0 Å². The second-order valence-corrected chi connectivity index (χ2v) is 5.00. The van der Waals surface area contributed by atoms with Gasteiger partial charge in [-0.3, -0.25) is 4.79 Å². The lowest BCUT2D eigenvalue weighted by atomic mass is 10.2. The number of benzene rings is 2. The summed E-state index contributed by atoms with van der Waals surface area (Å²) in [6.07, 6.45) is -1.05. The molecule has 2 aromatic carbocycles. The van der Waals surface area contributed by atoms with Crippen LogP contribution in [-0.2, 0) is 9.53 Å². The molecular weight excluding hydrogens is 315 g/mol. The molecular formula is C17H17FN2O4. The summed E-state index contributed by atoms with van der Waals surface area (Å²) in [4.78, 5) is 24.1. The Bertz CT molecular complexity index is 747. The number of nitrogens with one attached hydrogen (secondary N) is 1. The maximum absolute atomic E-state index is 13.0. The van der Waals surface area contributed by atoms with Gasteiger partial charge in [-0.2, -0.15) is 0 Å². The second-order valence-electron chi connectivity index (χ2n) is 5.00. The van der Waals surface area contributed by atoms with Crippen LogP contribution >= 0.6 is 0 Å². The highest BCUT2D eigenvalue weighted by atomic mass is 19.1. The van der Waals surface area contributed by atoms with Gasteiger partial charge in [0.2, 0.25) is 0 Å². The highest BCUT2D eigenvalue weighted by Gasteiger charge is 2.20. The quantitative estimate of drug-likeness (QED) is 0.649. The Morgan fingerprint density at radius 2 is 1.83 bits per heavy atom. The Labute approximate surface area is 138 Å². The standard InChI is InChI=1S/C17H17FN2O4/c1-10(16(21)20-12-4-6-13(23-2)7-5-12)24-17(22)14-8-3-11(18)9-15(14)19/h3-10H,19H2,1-2H3,(H,20,21). The molecule has 1 unspecified atom stereocenters. The first-order valence-corrected chi connectivity index (χ1v) is 7.11. The van der Waals surface area contributed by atoms with Crippen molar-refractivity contribution < 1.29 is 23.5 Å². The largest absolute Gasteiger partial charge is 0.497 e. The lowest BCUT2D eigenvalue weighted by Crippen LogP contribution is -2.30. The van der Waals surface area contributed by atoms with Crippen LogP contribution in [0.5, 0.6) is 5.75 Å². The van der Waals surface area contributed by atoms with E-state index in [1.54, 1.807) is 24.3 Å². The van der Waals surface area contributed by atoms with Crippen molar-refractivity contribution >= 4 is 23.3 Å². The summed E-state index contributed by atoms with van der Waals surface area (Å²) >= 11 is 0. The lowest BCUT2D eigenvalue weighted by molar-refractivity contribution is -0.123. The molecule has 0 fully saturated rings. The zero-order valence-electron chi connectivity index (χ0n) is 13.2. The van der Waals surface area contributed by atoms with Gasteiger partial charge in [0.25, 0.3) is 5.91 Å². The van der Waals surface area contributed by atoms with Gasteiger partial charge < -0.3 is 20.5 Å². The van der Waals surface area contributed by atoms with E-state index in [1.807, 2.05) is 0 Å². The van der Waals surface area contributed by atoms with E-state index in [1.165, 1.54) is 20.1 Å². The van der Waals surface area contributed by atoms with Crippen molar-refractivity contribution in [2.24, 2.45) is 0 Å². The highest BCUT2D eigenvalue weighted by Crippen LogP contribution is 2.17. The van der Waals surface area contributed by atoms with Crippen LogP contribution in [-0.4, -0.2) is 25.1 Å². The van der Waals surface area contributed by atoms with Crippen LogP contribution in [0.2, 0.25) is 0 Å². The first kappa shape index (κ1) is 17.3. The number of nitrogen functional groups attached to an aromatic ring is 1. The molecule has 0 saturated carbocycles. The van der Waals surface area contributed by atoms with Crippen molar-refractivity contribution in [1.82, 2.24) is 0 Å². The topological polar surface area (TPSA) is 90.6 Å². The SMILES string of the molecule is COc1ccc(NC(=O)C(C)OC(=O)c2ccc(F)cc2N)cc1. The number of hydrogen-bond acceptors (Lipinski definition) is 5. The van der Waals surface area contributed by atoms with Gasteiger partial charge in [0.15, 0.2) is 6.10 Å². The number of rotatable bonds is 5. The molecule has 2 rings (SSSR count). The van der Waals surface area contributed by atoms with Crippen LogP contribution in [0, 0.1) is 5.82 Å². The number of hydrogen-bond donors (Lipinski definition) is 2. The third kappa shape index (κ3) is 4.22. The number of nitrogens with two attached hydrogens (primary N) is 1. The van der Waals surface area contributed by atoms with Crippen molar-refractivity contribution in [3.8, 4) is 5.75 Å². The third-order valence-corrected chi connectivity index (χ3v) is 3.24. The summed E-state index contributed by atoms with van der Waals surface area (Å²) in [5, 5.41) is 2.61. The molecule has 0 aliphatic rings. The zero-order valence-corrected chi connectivity index (χ0v) is 13.2. The molecule has 0 radical (unpaired) electrons. The minimum Gasteiger partial charge on any atom is -0.497 e. The van der Waals surface area contributed by atoms with Gasteiger partial charge in [0.1, 0.15) is 11.6 Å². The Kier molecular flexibility index (Phi) is 5.36. The van der Waals surface area contributed by atoms with Crippen LogP contribution in [0.15, 0.2) is 42.5 Å². The lowest BCUT2D eigenvalue weighted by Gasteiger charge is -2.14. The van der Waals surface area contributed by atoms with Gasteiger partial charge >= 0.3 is 5.97 Å². The molecule has 6 nitrogen and oxygen atoms in total. The van der Waals surface area contributed by atoms with E-state index in [4.69, 9.17) is 15.2 Å². The predicted molar refractivity (Wildman–Crippen MR) is 87.3 cm³/mol. The van der Waals surface area contributed by atoms with E-state index in [0.717, 1.165) is 12.1 Å². The summed E-state index contributed by atoms with van der Waals surface area (Å²) < 4.78 is 23.1. The van der Waals surface area contributed by atoms with Gasteiger partial charge in [-0.15, -0.1) is 0 Å². The number of anilines is 2. The fraction of sp³-hybridized carbons (Fsp3) is 0.176. The third-order valence-electron chi connectivity index (χ3n) is 3.24. The zero-order chi connectivity index (χ0) is 17.7. The van der Waals surface area contributed by atoms with Gasteiger partial charge in [-0.1, -0.05) is 0 Å². The smallest absolute Gasteiger partial charge is 0.341 e. The Balaban J connectivity index is 1.98. The maximum atomic E-state index is 13.0. The van der Waals surface area contributed by atoms with Crippen LogP contribution in [0.3, 0.4) is 0 Å². The van der Waals surface area contributed by atoms with E-state index in [9.17, 15) is 14.0 Å². The highest BCUT2D eigenvalue weighted by molar-refractivity contribution is 5.99. The number of halogens is 1. The van der Waals surface area contributed by atoms with E-state index >= 15 is 0 Å². The summed E-state index contributed by atoms with van der Waals surface area (Å²) in [7, 11) is 1.54. The first-order chi connectivity index (χ1) is 11.4. The molecule has 0 saturated heterocycles. The van der Waals surface area contributed by atoms with Crippen LogP contribution < -0.4 is 15.8 Å². The summed E-state index contributed by atoms with van der Waals surface area (Å²) in [6, 6.07) is 10.00. The van der Waals surface area contributed by atoms with Gasteiger partial charge in [0, 0.05) is 11.4 Å². The van der Waals surface area contributed by atoms with Crippen molar-refractivity contribution in [1.29, 1.82) is 0 Å². The first-order valence-electron chi connectivity index (χ1n) is 7.11. The van der Waals surface area contributed by atoms with E-state index in [2.05, 4.69) is 5.32 Å². The molecule has 0 heterocycles. The average molecular weight is 332 g/mol. The maximum Gasteiger partial charge on any atom is 0.341 e. The number of methoxy groups -OCH3 is 1. The molecule has 0 aromatic heterocycles.